The number of rotatable bonds is 3. The van der Waals surface area contributed by atoms with Crippen LogP contribution in [0.1, 0.15) is 30.9 Å². The average molecular weight is 182 g/mol. The van der Waals surface area contributed by atoms with Gasteiger partial charge < -0.3 is 5.11 Å². The van der Waals surface area contributed by atoms with Gasteiger partial charge in [-0.2, -0.15) is 0 Å². The molecule has 0 aliphatic carbocycles. The lowest BCUT2D eigenvalue weighted by molar-refractivity contribution is 0.272. The molecule has 0 aromatic heterocycles. The van der Waals surface area contributed by atoms with Crippen molar-refractivity contribution < 1.29 is 9.50 Å². The predicted octanol–water partition coefficient (Wildman–Crippen LogP) is 2.48. The van der Waals surface area contributed by atoms with Crippen molar-refractivity contribution in [2.24, 2.45) is 0 Å². The minimum atomic E-state index is -0.166. The van der Waals surface area contributed by atoms with E-state index in [1.807, 2.05) is 19.9 Å². The van der Waals surface area contributed by atoms with Crippen molar-refractivity contribution in [3.05, 3.63) is 35.1 Å². The van der Waals surface area contributed by atoms with Crippen LogP contribution in [0.25, 0.3) is 0 Å². The molecule has 1 rings (SSSR count). The van der Waals surface area contributed by atoms with Gasteiger partial charge in [-0.05, 0) is 23.6 Å². The molecule has 1 unspecified atom stereocenters. The Bertz CT molecular complexity index is 283. The molecule has 0 bridgehead atoms. The van der Waals surface area contributed by atoms with Crippen LogP contribution in [0, 0.1) is 5.82 Å². The third-order valence-electron chi connectivity index (χ3n) is 2.31. The molecule has 0 saturated carbocycles. The lowest BCUT2D eigenvalue weighted by atomic mass is 9.94. The number of benzene rings is 1. The first-order valence-electron chi connectivity index (χ1n) is 4.58. The zero-order valence-electron chi connectivity index (χ0n) is 8.05. The zero-order chi connectivity index (χ0) is 9.84. The van der Waals surface area contributed by atoms with Crippen LogP contribution >= 0.6 is 0 Å². The van der Waals surface area contributed by atoms with Crippen molar-refractivity contribution in [3.63, 3.8) is 0 Å². The Morgan fingerprint density at radius 1 is 1.46 bits per heavy atom. The summed E-state index contributed by atoms with van der Waals surface area (Å²) in [6, 6.07) is 5.03. The molecule has 1 aromatic rings. The number of halogens is 1. The summed E-state index contributed by atoms with van der Waals surface area (Å²) in [6.07, 6.45) is 0.673. The molecule has 1 N–H and O–H groups in total. The van der Waals surface area contributed by atoms with E-state index in [1.165, 1.54) is 6.07 Å². The van der Waals surface area contributed by atoms with E-state index < -0.39 is 0 Å². The molecular formula is C11H15FO. The summed E-state index contributed by atoms with van der Waals surface area (Å²) in [5.41, 5.74) is 1.65. The summed E-state index contributed by atoms with van der Waals surface area (Å²) in [5, 5.41) is 8.98. The molecule has 0 radical (unpaired) electrons. The van der Waals surface area contributed by atoms with Crippen LogP contribution in [-0.4, -0.2) is 11.7 Å². The highest BCUT2D eigenvalue weighted by atomic mass is 19.1. The van der Waals surface area contributed by atoms with Gasteiger partial charge in [0.15, 0.2) is 0 Å². The highest BCUT2D eigenvalue weighted by Crippen LogP contribution is 2.22. The number of aliphatic hydroxyl groups is 1. The van der Waals surface area contributed by atoms with Gasteiger partial charge in [-0.25, -0.2) is 4.39 Å². The molecule has 13 heavy (non-hydrogen) atoms. The first kappa shape index (κ1) is 10.2. The van der Waals surface area contributed by atoms with Crippen molar-refractivity contribution in [3.8, 4) is 0 Å². The molecule has 2 heteroatoms. The van der Waals surface area contributed by atoms with Crippen molar-refractivity contribution >= 4 is 0 Å². The highest BCUT2D eigenvalue weighted by Gasteiger charge is 2.11. The predicted molar refractivity (Wildman–Crippen MR) is 51.3 cm³/mol. The molecule has 1 atom stereocenters. The Morgan fingerprint density at radius 2 is 2.15 bits per heavy atom. The molecule has 0 amide bonds. The van der Waals surface area contributed by atoms with Crippen molar-refractivity contribution in [2.45, 2.75) is 26.2 Å². The van der Waals surface area contributed by atoms with Crippen molar-refractivity contribution in [1.29, 1.82) is 0 Å². The van der Waals surface area contributed by atoms with Gasteiger partial charge in [0.2, 0.25) is 0 Å². The second kappa shape index (κ2) is 4.38. The highest BCUT2D eigenvalue weighted by molar-refractivity contribution is 5.31. The van der Waals surface area contributed by atoms with Gasteiger partial charge >= 0.3 is 0 Å². The van der Waals surface area contributed by atoms with E-state index in [2.05, 4.69) is 0 Å². The normalized spacial score (nSPS) is 12.9. The summed E-state index contributed by atoms with van der Waals surface area (Å²) in [6.45, 7) is 3.89. The van der Waals surface area contributed by atoms with Gasteiger partial charge in [-0.15, -0.1) is 0 Å². The summed E-state index contributed by atoms with van der Waals surface area (Å²) in [5.74, 6) is -0.147. The number of aliphatic hydroxyl groups excluding tert-OH is 1. The van der Waals surface area contributed by atoms with E-state index in [0.29, 0.717) is 6.42 Å². The summed E-state index contributed by atoms with van der Waals surface area (Å²) >= 11 is 0. The topological polar surface area (TPSA) is 20.2 Å². The molecule has 0 fully saturated rings. The molecule has 0 aliphatic rings. The van der Waals surface area contributed by atoms with Crippen LogP contribution in [0.2, 0.25) is 0 Å². The minimum absolute atomic E-state index is 0.0191. The maximum Gasteiger partial charge on any atom is 0.126 e. The monoisotopic (exact) mass is 182 g/mol. The molecule has 0 spiro atoms. The Labute approximate surface area is 78.2 Å². The van der Waals surface area contributed by atoms with Crippen LogP contribution < -0.4 is 0 Å². The maximum atomic E-state index is 13.3. The Balaban J connectivity index is 3.12. The average Bonchev–Trinajstić information content (AvgIpc) is 2.16. The Morgan fingerprint density at radius 3 is 2.69 bits per heavy atom. The molecule has 1 aromatic carbocycles. The van der Waals surface area contributed by atoms with E-state index in [9.17, 15) is 4.39 Å². The van der Waals surface area contributed by atoms with E-state index in [1.54, 1.807) is 6.07 Å². The quantitative estimate of drug-likeness (QED) is 0.761. The van der Waals surface area contributed by atoms with E-state index in [0.717, 1.165) is 11.1 Å². The third kappa shape index (κ3) is 2.07. The Hall–Kier alpha value is -0.890. The van der Waals surface area contributed by atoms with E-state index in [-0.39, 0.29) is 18.3 Å². The van der Waals surface area contributed by atoms with Gasteiger partial charge in [0.25, 0.3) is 0 Å². The minimum Gasteiger partial charge on any atom is -0.396 e. The first-order valence-corrected chi connectivity index (χ1v) is 4.58. The van der Waals surface area contributed by atoms with Gasteiger partial charge in [0.05, 0.1) is 0 Å². The second-order valence-electron chi connectivity index (χ2n) is 3.24. The zero-order valence-corrected chi connectivity index (χ0v) is 8.05. The van der Waals surface area contributed by atoms with E-state index >= 15 is 0 Å². The second-order valence-corrected chi connectivity index (χ2v) is 3.24. The molecule has 72 valence electrons. The fourth-order valence-corrected chi connectivity index (χ4v) is 1.51. The van der Waals surface area contributed by atoms with Crippen LogP contribution in [-0.2, 0) is 6.42 Å². The van der Waals surface area contributed by atoms with E-state index in [4.69, 9.17) is 5.11 Å². The maximum absolute atomic E-state index is 13.3. The van der Waals surface area contributed by atoms with Gasteiger partial charge in [0.1, 0.15) is 5.82 Å². The first-order chi connectivity index (χ1) is 6.20. The smallest absolute Gasteiger partial charge is 0.126 e. The lowest BCUT2D eigenvalue weighted by Crippen LogP contribution is -2.04. The molecule has 1 nitrogen and oxygen atoms in total. The van der Waals surface area contributed by atoms with Crippen LogP contribution in [0.4, 0.5) is 4.39 Å². The summed E-state index contributed by atoms with van der Waals surface area (Å²) < 4.78 is 13.3. The molecule has 0 saturated heterocycles. The fraction of sp³-hybridized carbons (Fsp3) is 0.455. The van der Waals surface area contributed by atoms with Crippen LogP contribution in [0.5, 0.6) is 0 Å². The fourth-order valence-electron chi connectivity index (χ4n) is 1.51. The van der Waals surface area contributed by atoms with Crippen LogP contribution in [0.3, 0.4) is 0 Å². The van der Waals surface area contributed by atoms with Crippen molar-refractivity contribution in [1.82, 2.24) is 0 Å². The summed E-state index contributed by atoms with van der Waals surface area (Å²) in [7, 11) is 0. The van der Waals surface area contributed by atoms with Gasteiger partial charge in [-0.1, -0.05) is 26.0 Å². The number of hydrogen-bond donors (Lipinski definition) is 1. The van der Waals surface area contributed by atoms with Crippen molar-refractivity contribution in [2.75, 3.05) is 6.61 Å². The standard InChI is InChI=1S/C11H15FO/c1-3-9-10(8(2)7-13)5-4-6-11(9)12/h4-6,8,13H,3,7H2,1-2H3. The van der Waals surface area contributed by atoms with Crippen LogP contribution in [0.15, 0.2) is 18.2 Å². The third-order valence-corrected chi connectivity index (χ3v) is 2.31. The SMILES string of the molecule is CCc1c(F)cccc1C(C)CO. The van der Waals surface area contributed by atoms with Gasteiger partial charge in [-0.3, -0.25) is 0 Å². The van der Waals surface area contributed by atoms with Gasteiger partial charge in [0, 0.05) is 12.5 Å². The molecule has 0 heterocycles. The Kier molecular flexibility index (Phi) is 3.43. The lowest BCUT2D eigenvalue weighted by Gasteiger charge is -2.13. The summed E-state index contributed by atoms with van der Waals surface area (Å²) in [4.78, 5) is 0. The number of hydrogen-bond acceptors (Lipinski definition) is 1. The molecular weight excluding hydrogens is 167 g/mol. The molecule has 0 aliphatic heterocycles. The largest absolute Gasteiger partial charge is 0.396 e.